The molecule has 0 aliphatic carbocycles. The fourth-order valence-corrected chi connectivity index (χ4v) is 2.78. The van der Waals surface area contributed by atoms with Gasteiger partial charge in [-0.05, 0) is 42.5 Å². The topological polar surface area (TPSA) is 79.5 Å². The van der Waals surface area contributed by atoms with E-state index in [4.69, 9.17) is 5.73 Å². The van der Waals surface area contributed by atoms with Crippen LogP contribution < -0.4 is 16.4 Å². The van der Waals surface area contributed by atoms with Gasteiger partial charge in [-0.1, -0.05) is 18.2 Å². The van der Waals surface area contributed by atoms with Gasteiger partial charge in [0, 0.05) is 23.5 Å². The standard InChI is InChI=1S/C17H22N4OS/c1-2-19-16(22)14-6-3-5-13(11-14)12-21-17(18)20-9-8-15-7-4-10-23-15/h3-7,10-11H,2,8-9,12H2,1H3,(H,19,22)(H3,18,20,21). The fourth-order valence-electron chi connectivity index (χ4n) is 2.07. The summed E-state index contributed by atoms with van der Waals surface area (Å²) in [5.41, 5.74) is 7.47. The van der Waals surface area contributed by atoms with E-state index in [-0.39, 0.29) is 5.91 Å². The third-order valence-corrected chi connectivity index (χ3v) is 4.15. The molecule has 5 nitrogen and oxygen atoms in total. The molecule has 0 saturated carbocycles. The Balaban J connectivity index is 1.83. The molecule has 0 aliphatic rings. The van der Waals surface area contributed by atoms with E-state index >= 15 is 0 Å². The first-order chi connectivity index (χ1) is 11.2. The summed E-state index contributed by atoms with van der Waals surface area (Å²) in [5.74, 6) is 0.352. The average Bonchev–Trinajstić information content (AvgIpc) is 3.07. The van der Waals surface area contributed by atoms with E-state index in [9.17, 15) is 4.79 Å². The molecule has 0 unspecified atom stereocenters. The number of nitrogens with two attached hydrogens (primary N) is 1. The van der Waals surface area contributed by atoms with Crippen molar-refractivity contribution < 1.29 is 4.79 Å². The Hall–Kier alpha value is -2.34. The number of hydrogen-bond donors (Lipinski definition) is 3. The molecule has 0 atom stereocenters. The van der Waals surface area contributed by atoms with Gasteiger partial charge in [0.1, 0.15) is 0 Å². The number of guanidine groups is 1. The zero-order valence-corrected chi connectivity index (χ0v) is 14.0. The van der Waals surface area contributed by atoms with Crippen molar-refractivity contribution in [3.05, 3.63) is 57.8 Å². The van der Waals surface area contributed by atoms with Crippen molar-refractivity contribution in [2.24, 2.45) is 10.7 Å². The van der Waals surface area contributed by atoms with Gasteiger partial charge in [0.05, 0.1) is 6.54 Å². The summed E-state index contributed by atoms with van der Waals surface area (Å²) >= 11 is 1.73. The molecule has 1 aromatic heterocycles. The predicted octanol–water partition coefficient (Wildman–Crippen LogP) is 2.14. The van der Waals surface area contributed by atoms with Gasteiger partial charge in [0.15, 0.2) is 5.96 Å². The molecule has 2 aromatic rings. The molecule has 0 saturated heterocycles. The lowest BCUT2D eigenvalue weighted by molar-refractivity contribution is 0.0955. The van der Waals surface area contributed by atoms with E-state index in [1.54, 1.807) is 17.4 Å². The molecule has 0 spiro atoms. The number of nitrogens with one attached hydrogen (secondary N) is 2. The summed E-state index contributed by atoms with van der Waals surface area (Å²) in [6, 6.07) is 11.6. The van der Waals surface area contributed by atoms with Crippen LogP contribution >= 0.6 is 11.3 Å². The first kappa shape index (κ1) is 17.0. The van der Waals surface area contributed by atoms with E-state index < -0.39 is 0 Å². The highest BCUT2D eigenvalue weighted by molar-refractivity contribution is 7.09. The van der Waals surface area contributed by atoms with E-state index in [1.165, 1.54) is 4.88 Å². The minimum atomic E-state index is -0.0691. The maximum Gasteiger partial charge on any atom is 0.251 e. The molecule has 0 aliphatic heterocycles. The van der Waals surface area contributed by atoms with Crippen molar-refractivity contribution in [3.8, 4) is 0 Å². The molecule has 1 aromatic carbocycles. The normalized spacial score (nSPS) is 11.3. The number of rotatable bonds is 7. The Labute approximate surface area is 140 Å². The van der Waals surface area contributed by atoms with Crippen LogP contribution in [-0.2, 0) is 13.0 Å². The molecular weight excluding hydrogens is 308 g/mol. The van der Waals surface area contributed by atoms with Crippen LogP contribution in [0.2, 0.25) is 0 Å². The van der Waals surface area contributed by atoms with Gasteiger partial charge in [-0.25, -0.2) is 4.99 Å². The predicted molar refractivity (Wildman–Crippen MR) is 95.8 cm³/mol. The summed E-state index contributed by atoms with van der Waals surface area (Å²) in [7, 11) is 0. The van der Waals surface area contributed by atoms with Gasteiger partial charge >= 0.3 is 0 Å². The largest absolute Gasteiger partial charge is 0.370 e. The molecule has 1 heterocycles. The third kappa shape index (κ3) is 5.75. The molecule has 0 radical (unpaired) electrons. The zero-order chi connectivity index (χ0) is 16.5. The molecular formula is C17H22N4OS. The van der Waals surface area contributed by atoms with Crippen LogP contribution in [0.3, 0.4) is 0 Å². The highest BCUT2D eigenvalue weighted by Gasteiger charge is 2.04. The minimum Gasteiger partial charge on any atom is -0.370 e. The maximum absolute atomic E-state index is 11.8. The summed E-state index contributed by atoms with van der Waals surface area (Å²) in [5, 5.41) is 7.95. The molecule has 1 amide bonds. The van der Waals surface area contributed by atoms with Gasteiger partial charge in [0.25, 0.3) is 5.91 Å². The highest BCUT2D eigenvalue weighted by atomic mass is 32.1. The van der Waals surface area contributed by atoms with Crippen molar-refractivity contribution in [1.29, 1.82) is 0 Å². The first-order valence-corrected chi connectivity index (χ1v) is 8.50. The summed E-state index contributed by atoms with van der Waals surface area (Å²) in [4.78, 5) is 17.4. The average molecular weight is 330 g/mol. The van der Waals surface area contributed by atoms with Crippen LogP contribution in [0.4, 0.5) is 0 Å². The van der Waals surface area contributed by atoms with Crippen molar-refractivity contribution in [3.63, 3.8) is 0 Å². The second-order valence-electron chi connectivity index (χ2n) is 5.02. The lowest BCUT2D eigenvalue weighted by atomic mass is 10.1. The quantitative estimate of drug-likeness (QED) is 0.537. The smallest absolute Gasteiger partial charge is 0.251 e. The Morgan fingerprint density at radius 3 is 2.87 bits per heavy atom. The summed E-state index contributed by atoms with van der Waals surface area (Å²) in [6.45, 7) is 3.72. The van der Waals surface area contributed by atoms with Gasteiger partial charge in [0.2, 0.25) is 0 Å². The lowest BCUT2D eigenvalue weighted by Gasteiger charge is -2.06. The van der Waals surface area contributed by atoms with Crippen LogP contribution in [0, 0.1) is 0 Å². The number of carbonyl (C=O) groups excluding carboxylic acids is 1. The Morgan fingerprint density at radius 2 is 2.13 bits per heavy atom. The van der Waals surface area contributed by atoms with E-state index in [0.717, 1.165) is 18.5 Å². The van der Waals surface area contributed by atoms with Crippen LogP contribution in [-0.4, -0.2) is 25.0 Å². The number of nitrogens with zero attached hydrogens (tertiary/aromatic N) is 1. The van der Waals surface area contributed by atoms with E-state index in [2.05, 4.69) is 27.1 Å². The molecule has 4 N–H and O–H groups in total. The monoisotopic (exact) mass is 330 g/mol. The van der Waals surface area contributed by atoms with Gasteiger partial charge < -0.3 is 16.4 Å². The summed E-state index contributed by atoms with van der Waals surface area (Å²) < 4.78 is 0. The number of benzene rings is 1. The first-order valence-electron chi connectivity index (χ1n) is 7.62. The second kappa shape index (κ2) is 8.95. The molecule has 0 bridgehead atoms. The Bertz CT molecular complexity index is 652. The van der Waals surface area contributed by atoms with Crippen LogP contribution in [0.15, 0.2) is 46.8 Å². The number of thiophene rings is 1. The minimum absolute atomic E-state index is 0.0691. The van der Waals surface area contributed by atoms with Gasteiger partial charge in [-0.15, -0.1) is 11.3 Å². The Kier molecular flexibility index (Phi) is 6.62. The van der Waals surface area contributed by atoms with Crippen molar-refractivity contribution in [1.82, 2.24) is 10.6 Å². The summed E-state index contributed by atoms with van der Waals surface area (Å²) in [6.07, 6.45) is 0.931. The molecule has 6 heteroatoms. The van der Waals surface area contributed by atoms with Gasteiger partial charge in [-0.3, -0.25) is 4.79 Å². The number of carbonyl (C=O) groups is 1. The van der Waals surface area contributed by atoms with Crippen molar-refractivity contribution in [2.45, 2.75) is 19.9 Å². The molecule has 0 fully saturated rings. The maximum atomic E-state index is 11.8. The number of amides is 1. The van der Waals surface area contributed by atoms with Crippen LogP contribution in [0.25, 0.3) is 0 Å². The fraction of sp³-hybridized carbons (Fsp3) is 0.294. The molecule has 122 valence electrons. The van der Waals surface area contributed by atoms with Crippen molar-refractivity contribution >= 4 is 23.2 Å². The highest BCUT2D eigenvalue weighted by Crippen LogP contribution is 2.08. The third-order valence-electron chi connectivity index (χ3n) is 3.22. The molecule has 23 heavy (non-hydrogen) atoms. The van der Waals surface area contributed by atoms with Crippen LogP contribution in [0.1, 0.15) is 27.7 Å². The zero-order valence-electron chi connectivity index (χ0n) is 13.2. The van der Waals surface area contributed by atoms with Crippen LogP contribution in [0.5, 0.6) is 0 Å². The van der Waals surface area contributed by atoms with Crippen molar-refractivity contribution in [2.75, 3.05) is 13.1 Å². The number of aliphatic imine (C=N–C) groups is 1. The van der Waals surface area contributed by atoms with E-state index in [1.807, 2.05) is 31.2 Å². The SMILES string of the molecule is CCNC(=O)c1cccc(CN=C(N)NCCc2cccs2)c1. The number of hydrogen-bond acceptors (Lipinski definition) is 3. The van der Waals surface area contributed by atoms with Gasteiger partial charge in [-0.2, -0.15) is 0 Å². The molecule has 2 rings (SSSR count). The second-order valence-corrected chi connectivity index (χ2v) is 6.05. The Morgan fingerprint density at radius 1 is 1.26 bits per heavy atom. The van der Waals surface area contributed by atoms with E-state index in [0.29, 0.717) is 24.6 Å². The lowest BCUT2D eigenvalue weighted by Crippen LogP contribution is -2.33.